The average molecular weight is 717 g/mol. The number of aliphatic carboxylic acids is 4. The molecular formula is C36H60O14. The molecule has 0 radical (unpaired) electrons. The number of aliphatic hydroxyl groups excluding tert-OH is 6. The van der Waals surface area contributed by atoms with Gasteiger partial charge >= 0.3 is 23.9 Å². The van der Waals surface area contributed by atoms with Crippen molar-refractivity contribution in [2.75, 3.05) is 39.6 Å². The number of carboxylic acid groups (broad SMARTS) is 4. The van der Waals surface area contributed by atoms with Crippen LogP contribution in [0.2, 0.25) is 0 Å². The molecule has 288 valence electrons. The van der Waals surface area contributed by atoms with Crippen LogP contribution in [0.1, 0.15) is 54.4 Å². The van der Waals surface area contributed by atoms with Gasteiger partial charge in [0.15, 0.2) is 0 Å². The molecule has 0 rings (SSSR count). The topological polar surface area (TPSA) is 271 Å². The monoisotopic (exact) mass is 716 g/mol. The van der Waals surface area contributed by atoms with E-state index in [0.717, 1.165) is 24.3 Å². The zero-order valence-corrected chi connectivity index (χ0v) is 30.0. The predicted octanol–water partition coefficient (Wildman–Crippen LogP) is 3.53. The minimum atomic E-state index is -0.914. The van der Waals surface area contributed by atoms with Crippen molar-refractivity contribution in [3.63, 3.8) is 0 Å². The maximum atomic E-state index is 9.75. The number of carboxylic acids is 4. The molecule has 0 heterocycles. The Hall–Kier alpha value is -4.44. The molecule has 0 aliphatic carbocycles. The quantitative estimate of drug-likeness (QED) is 0.0809. The highest BCUT2D eigenvalue weighted by molar-refractivity contribution is 5.81. The molecule has 0 unspecified atom stereocenters. The van der Waals surface area contributed by atoms with Crippen molar-refractivity contribution < 1.29 is 70.2 Å². The summed E-state index contributed by atoms with van der Waals surface area (Å²) in [5.41, 5.74) is -1.33. The third kappa shape index (κ3) is 50.4. The number of aliphatic hydroxyl groups is 6. The van der Waals surface area contributed by atoms with Gasteiger partial charge in [0.25, 0.3) is 0 Å². The highest BCUT2D eigenvalue weighted by atomic mass is 16.4. The Morgan fingerprint density at radius 3 is 0.600 bits per heavy atom. The zero-order chi connectivity index (χ0) is 40.3. The van der Waals surface area contributed by atoms with E-state index in [4.69, 9.17) is 51.1 Å². The first-order chi connectivity index (χ1) is 23.6. The molecular weight excluding hydrogens is 656 g/mol. The van der Waals surface area contributed by atoms with Crippen molar-refractivity contribution in [1.82, 2.24) is 0 Å². The van der Waals surface area contributed by atoms with Crippen molar-refractivity contribution in [1.29, 1.82) is 0 Å². The van der Waals surface area contributed by atoms with Crippen molar-refractivity contribution >= 4 is 23.9 Å². The fourth-order valence-corrected chi connectivity index (χ4v) is 1.97. The van der Waals surface area contributed by atoms with Crippen LogP contribution in [0.4, 0.5) is 0 Å². The second-order valence-corrected chi connectivity index (χ2v) is 9.55. The van der Waals surface area contributed by atoms with Gasteiger partial charge < -0.3 is 51.1 Å². The summed E-state index contributed by atoms with van der Waals surface area (Å²) in [6, 6.07) is 0. The Kier molecular flexibility index (Phi) is 51.5. The number of hydrogen-bond donors (Lipinski definition) is 10. The third-order valence-corrected chi connectivity index (χ3v) is 5.68. The van der Waals surface area contributed by atoms with E-state index in [1.807, 2.05) is 41.5 Å². The summed E-state index contributed by atoms with van der Waals surface area (Å²) in [6.45, 7) is 10.0. The standard InChI is InChI=1S/2C6H14O3.4C6H8O2/c2*1-2-6(3-7,4-8)5-9;4*1-2-3-4-5-6(7)8/h2*7-9H,2-5H2,1H3;4*2-5H,1H3,(H,7,8)/b;;4*3-2+,5-4+. The van der Waals surface area contributed by atoms with Crippen molar-refractivity contribution in [3.8, 4) is 0 Å². The van der Waals surface area contributed by atoms with E-state index in [0.29, 0.717) is 12.8 Å². The predicted molar refractivity (Wildman–Crippen MR) is 194 cm³/mol. The summed E-state index contributed by atoms with van der Waals surface area (Å²) < 4.78 is 0. The van der Waals surface area contributed by atoms with Gasteiger partial charge in [0.1, 0.15) is 0 Å². The maximum absolute atomic E-state index is 9.75. The van der Waals surface area contributed by atoms with Crippen LogP contribution >= 0.6 is 0 Å². The van der Waals surface area contributed by atoms with E-state index < -0.39 is 34.7 Å². The van der Waals surface area contributed by atoms with Crippen molar-refractivity contribution in [2.24, 2.45) is 10.8 Å². The summed E-state index contributed by atoms with van der Waals surface area (Å²) >= 11 is 0. The maximum Gasteiger partial charge on any atom is 0.328 e. The van der Waals surface area contributed by atoms with Gasteiger partial charge in [0.05, 0.1) is 39.6 Å². The van der Waals surface area contributed by atoms with Crippen LogP contribution in [0.5, 0.6) is 0 Å². The summed E-state index contributed by atoms with van der Waals surface area (Å²) in [5, 5.41) is 84.0. The SMILES string of the molecule is C/C=C/C=C/C(=O)O.C/C=C/C=C/C(=O)O.C/C=C/C=C/C(=O)O.C/C=C/C=C/C(=O)O.CCC(CO)(CO)CO.CCC(CO)(CO)CO. The fourth-order valence-electron chi connectivity index (χ4n) is 1.97. The Balaban J connectivity index is -0.000000116. The highest BCUT2D eigenvalue weighted by Gasteiger charge is 2.25. The van der Waals surface area contributed by atoms with Gasteiger partial charge in [-0.15, -0.1) is 0 Å². The molecule has 0 saturated heterocycles. The molecule has 0 aromatic carbocycles. The van der Waals surface area contributed by atoms with Gasteiger partial charge in [0.2, 0.25) is 0 Å². The Morgan fingerprint density at radius 2 is 0.540 bits per heavy atom. The molecule has 0 aromatic rings. The van der Waals surface area contributed by atoms with Crippen LogP contribution < -0.4 is 0 Å². The smallest absolute Gasteiger partial charge is 0.328 e. The van der Waals surface area contributed by atoms with E-state index in [1.54, 1.807) is 48.6 Å². The zero-order valence-electron chi connectivity index (χ0n) is 30.0. The molecule has 0 fully saturated rings. The normalized spacial score (nSPS) is 11.4. The first kappa shape index (κ1) is 57.8. The minimum Gasteiger partial charge on any atom is -0.478 e. The van der Waals surface area contributed by atoms with Gasteiger partial charge in [0, 0.05) is 35.1 Å². The molecule has 0 spiro atoms. The number of hydrogen-bond acceptors (Lipinski definition) is 10. The lowest BCUT2D eigenvalue weighted by Crippen LogP contribution is -2.32. The largest absolute Gasteiger partial charge is 0.478 e. The Morgan fingerprint density at radius 1 is 0.380 bits per heavy atom. The van der Waals surface area contributed by atoms with Crippen LogP contribution in [0, 0.1) is 10.8 Å². The summed E-state index contributed by atoms with van der Waals surface area (Å²) in [4.78, 5) is 39.0. The molecule has 0 aromatic heterocycles. The van der Waals surface area contributed by atoms with E-state index in [2.05, 4.69) is 0 Å². The van der Waals surface area contributed by atoms with Crippen molar-refractivity contribution in [3.05, 3.63) is 97.2 Å². The molecule has 0 saturated carbocycles. The third-order valence-electron chi connectivity index (χ3n) is 5.68. The molecule has 0 aliphatic rings. The molecule has 50 heavy (non-hydrogen) atoms. The Labute approximate surface area is 296 Å². The molecule has 0 bridgehead atoms. The van der Waals surface area contributed by atoms with E-state index in [9.17, 15) is 19.2 Å². The van der Waals surface area contributed by atoms with Crippen LogP contribution in [0.3, 0.4) is 0 Å². The van der Waals surface area contributed by atoms with E-state index in [1.165, 1.54) is 24.3 Å². The molecule has 0 atom stereocenters. The summed E-state index contributed by atoms with van der Waals surface area (Å²) in [7, 11) is 0. The fraction of sp³-hybridized carbons (Fsp3) is 0.444. The second-order valence-electron chi connectivity index (χ2n) is 9.55. The average Bonchev–Trinajstić information content (AvgIpc) is 3.09. The first-order valence-corrected chi connectivity index (χ1v) is 15.3. The lowest BCUT2D eigenvalue weighted by Gasteiger charge is -2.24. The van der Waals surface area contributed by atoms with Crippen LogP contribution in [-0.4, -0.2) is 115 Å². The van der Waals surface area contributed by atoms with Crippen LogP contribution in [0.25, 0.3) is 0 Å². The minimum absolute atomic E-state index is 0.156. The highest BCUT2D eigenvalue weighted by Crippen LogP contribution is 2.18. The number of carbonyl (C=O) groups is 4. The van der Waals surface area contributed by atoms with Gasteiger partial charge in [-0.2, -0.15) is 0 Å². The summed E-state index contributed by atoms with van der Waals surface area (Å²) in [6.07, 6.45) is 25.1. The first-order valence-electron chi connectivity index (χ1n) is 15.3. The number of rotatable bonds is 16. The van der Waals surface area contributed by atoms with Gasteiger partial charge in [-0.05, 0) is 40.5 Å². The lowest BCUT2D eigenvalue weighted by molar-refractivity contribution is -0.132. The molecule has 0 amide bonds. The Bertz CT molecular complexity index is 874. The van der Waals surface area contributed by atoms with Gasteiger partial charge in [-0.25, -0.2) is 19.2 Å². The van der Waals surface area contributed by atoms with Gasteiger partial charge in [-0.3, -0.25) is 0 Å². The van der Waals surface area contributed by atoms with Crippen LogP contribution in [0.15, 0.2) is 97.2 Å². The lowest BCUT2D eigenvalue weighted by atomic mass is 9.88. The number of allylic oxidation sites excluding steroid dienone is 12. The van der Waals surface area contributed by atoms with E-state index in [-0.39, 0.29) is 39.6 Å². The second kappa shape index (κ2) is 44.6. The molecule has 10 N–H and O–H groups in total. The molecule has 0 aliphatic heterocycles. The van der Waals surface area contributed by atoms with Crippen molar-refractivity contribution in [2.45, 2.75) is 54.4 Å². The molecule has 14 nitrogen and oxygen atoms in total. The van der Waals surface area contributed by atoms with E-state index >= 15 is 0 Å². The van der Waals surface area contributed by atoms with Crippen LogP contribution in [-0.2, 0) is 19.2 Å². The van der Waals surface area contributed by atoms with Gasteiger partial charge in [-0.1, -0.05) is 86.8 Å². The molecule has 14 heteroatoms. The summed E-state index contributed by atoms with van der Waals surface area (Å²) in [5.74, 6) is -3.66.